The van der Waals surface area contributed by atoms with Gasteiger partial charge in [-0.1, -0.05) is 28.9 Å². The minimum atomic E-state index is -0.682. The molecule has 2 aromatic carbocycles. The summed E-state index contributed by atoms with van der Waals surface area (Å²) in [5.41, 5.74) is 0.446. The fourth-order valence-electron chi connectivity index (χ4n) is 1.99. The van der Waals surface area contributed by atoms with Crippen LogP contribution in [0.4, 0.5) is 17.1 Å². The van der Waals surface area contributed by atoms with Gasteiger partial charge in [-0.2, -0.15) is 0 Å². The molecule has 28 heavy (non-hydrogen) atoms. The van der Waals surface area contributed by atoms with E-state index in [0.717, 1.165) is 6.21 Å². The van der Waals surface area contributed by atoms with Crippen LogP contribution >= 0.6 is 11.6 Å². The zero-order valence-corrected chi connectivity index (χ0v) is 15.3. The average Bonchev–Trinajstić information content (AvgIpc) is 2.67. The van der Waals surface area contributed by atoms with E-state index in [1.54, 1.807) is 24.3 Å². The number of halogens is 1. The predicted molar refractivity (Wildman–Crippen MR) is 103 cm³/mol. The van der Waals surface area contributed by atoms with Crippen molar-refractivity contribution in [2.75, 3.05) is 24.4 Å². The van der Waals surface area contributed by atoms with Crippen molar-refractivity contribution in [3.05, 3.63) is 57.6 Å². The first kappa shape index (κ1) is 20.6. The molecule has 0 aliphatic rings. The van der Waals surface area contributed by atoms with Crippen LogP contribution in [0.15, 0.2) is 47.6 Å². The van der Waals surface area contributed by atoms with E-state index >= 15 is 0 Å². The van der Waals surface area contributed by atoms with Gasteiger partial charge in [0.25, 0.3) is 17.5 Å². The van der Waals surface area contributed by atoms with E-state index in [1.165, 1.54) is 25.3 Å². The maximum atomic E-state index is 11.8. The molecular weight excluding hydrogens is 392 g/mol. The van der Waals surface area contributed by atoms with Crippen LogP contribution in [-0.4, -0.2) is 36.7 Å². The average molecular weight is 407 g/mol. The molecule has 0 bridgehead atoms. The molecule has 0 aromatic heterocycles. The van der Waals surface area contributed by atoms with Crippen LogP contribution in [0.25, 0.3) is 0 Å². The largest absolute Gasteiger partial charge is 0.494 e. The molecule has 0 atom stereocenters. The Kier molecular flexibility index (Phi) is 7.28. The Labute approximate surface area is 164 Å². The Balaban J connectivity index is 1.84. The number of methoxy groups -OCH3 is 1. The van der Waals surface area contributed by atoms with E-state index < -0.39 is 23.3 Å². The fourth-order valence-corrected chi connectivity index (χ4v) is 2.17. The quantitative estimate of drug-likeness (QED) is 0.393. The van der Waals surface area contributed by atoms with E-state index in [2.05, 4.69) is 15.8 Å². The normalized spacial score (nSPS) is 10.4. The first-order valence-corrected chi connectivity index (χ1v) is 8.11. The van der Waals surface area contributed by atoms with Gasteiger partial charge in [0.05, 0.1) is 34.5 Å². The number of nitrogens with zero attached hydrogens (tertiary/aromatic N) is 2. The highest BCUT2D eigenvalue weighted by molar-refractivity contribution is 6.33. The van der Waals surface area contributed by atoms with Gasteiger partial charge < -0.3 is 20.2 Å². The number of anilines is 2. The summed E-state index contributed by atoms with van der Waals surface area (Å²) in [6, 6.07) is 10.4. The molecule has 11 heteroatoms. The number of carbonyl (C=O) groups is 2. The zero-order valence-electron chi connectivity index (χ0n) is 14.5. The molecule has 0 radical (unpaired) electrons. The Hall–Kier alpha value is -3.66. The molecule has 2 amide bonds. The maximum absolute atomic E-state index is 11.8. The number of carbonyl (C=O) groups excluding carboxylic acids is 2. The van der Waals surface area contributed by atoms with Crippen LogP contribution in [0.1, 0.15) is 0 Å². The number of oxime groups is 1. The monoisotopic (exact) mass is 406 g/mol. The van der Waals surface area contributed by atoms with Crippen molar-refractivity contribution in [2.45, 2.75) is 0 Å². The first-order chi connectivity index (χ1) is 13.4. The van der Waals surface area contributed by atoms with Crippen molar-refractivity contribution in [1.82, 2.24) is 0 Å². The summed E-state index contributed by atoms with van der Waals surface area (Å²) in [6.07, 6.45) is 0.809. The van der Waals surface area contributed by atoms with Crippen LogP contribution in [0.5, 0.6) is 5.75 Å². The molecule has 0 fully saturated rings. The van der Waals surface area contributed by atoms with Crippen LogP contribution in [0.2, 0.25) is 5.02 Å². The maximum Gasteiger partial charge on any atom is 0.273 e. The number of ether oxygens (including phenoxy) is 1. The molecule has 146 valence electrons. The van der Waals surface area contributed by atoms with Crippen LogP contribution in [0.3, 0.4) is 0 Å². The van der Waals surface area contributed by atoms with E-state index in [4.69, 9.17) is 21.2 Å². The molecule has 0 aliphatic heterocycles. The summed E-state index contributed by atoms with van der Waals surface area (Å²) in [5, 5.41) is 19.5. The van der Waals surface area contributed by atoms with Gasteiger partial charge in [0.15, 0.2) is 6.61 Å². The first-order valence-electron chi connectivity index (χ1n) is 7.74. The van der Waals surface area contributed by atoms with Crippen LogP contribution in [0, 0.1) is 10.1 Å². The molecule has 10 nitrogen and oxygen atoms in total. The summed E-state index contributed by atoms with van der Waals surface area (Å²) in [5.74, 6) is -1.09. The lowest BCUT2D eigenvalue weighted by molar-refractivity contribution is -0.384. The van der Waals surface area contributed by atoms with Crippen LogP contribution in [-0.2, 0) is 14.4 Å². The van der Waals surface area contributed by atoms with E-state index in [1.807, 2.05) is 0 Å². The second-order valence-corrected chi connectivity index (χ2v) is 5.57. The van der Waals surface area contributed by atoms with Gasteiger partial charge in [-0.25, -0.2) is 0 Å². The second kappa shape index (κ2) is 9.88. The number of nitrogens with one attached hydrogen (secondary N) is 2. The minimum Gasteiger partial charge on any atom is -0.494 e. The molecule has 2 rings (SSSR count). The summed E-state index contributed by atoms with van der Waals surface area (Å²) in [6.45, 7) is -0.435. The predicted octanol–water partition coefficient (Wildman–Crippen LogP) is 2.84. The highest BCUT2D eigenvalue weighted by Crippen LogP contribution is 2.28. The molecule has 0 saturated carbocycles. The lowest BCUT2D eigenvalue weighted by atomic mass is 10.2. The van der Waals surface area contributed by atoms with Gasteiger partial charge in [0, 0.05) is 6.07 Å². The third-order valence-corrected chi connectivity index (χ3v) is 3.57. The van der Waals surface area contributed by atoms with Gasteiger partial charge in [0.1, 0.15) is 12.0 Å². The third-order valence-electron chi connectivity index (χ3n) is 3.24. The van der Waals surface area contributed by atoms with E-state index in [9.17, 15) is 19.7 Å². The summed E-state index contributed by atoms with van der Waals surface area (Å²) in [7, 11) is 1.31. The molecule has 0 aliphatic carbocycles. The van der Waals surface area contributed by atoms with E-state index in [0.29, 0.717) is 10.7 Å². The molecule has 0 unspecified atom stereocenters. The standard InChI is InChI=1S/C17H15ClN4O6/c1-27-15-8-11(22(25)26)6-7-14(15)21-16(23)9-19-28-10-17(24)20-13-5-3-2-4-12(13)18/h2-9H,10H2,1H3,(H,20,24)(H,21,23)/b19-9-. The number of hydrogen-bond acceptors (Lipinski definition) is 7. The highest BCUT2D eigenvalue weighted by atomic mass is 35.5. The fraction of sp³-hybridized carbons (Fsp3) is 0.118. The van der Waals surface area contributed by atoms with Gasteiger partial charge in [-0.15, -0.1) is 0 Å². The lowest BCUT2D eigenvalue weighted by Gasteiger charge is -2.08. The van der Waals surface area contributed by atoms with Crippen molar-refractivity contribution in [1.29, 1.82) is 0 Å². The number of non-ortho nitro benzene ring substituents is 1. The molecule has 2 N–H and O–H groups in total. The number of para-hydroxylation sites is 1. The van der Waals surface area contributed by atoms with Gasteiger partial charge in [-0.05, 0) is 18.2 Å². The summed E-state index contributed by atoms with van der Waals surface area (Å²) >= 11 is 5.91. The Bertz CT molecular complexity index is 918. The zero-order chi connectivity index (χ0) is 20.5. The SMILES string of the molecule is COc1cc([N+](=O)[O-])ccc1NC(=O)/C=N\OCC(=O)Nc1ccccc1Cl. The van der Waals surface area contributed by atoms with Crippen molar-refractivity contribution < 1.29 is 24.1 Å². The second-order valence-electron chi connectivity index (χ2n) is 5.17. The number of rotatable bonds is 8. The number of nitro benzene ring substituents is 1. The van der Waals surface area contributed by atoms with Crippen molar-refractivity contribution in [3.8, 4) is 5.75 Å². The van der Waals surface area contributed by atoms with Gasteiger partial charge >= 0.3 is 0 Å². The summed E-state index contributed by atoms with van der Waals surface area (Å²) < 4.78 is 5.00. The third kappa shape index (κ3) is 5.95. The Morgan fingerprint density at radius 2 is 1.96 bits per heavy atom. The lowest BCUT2D eigenvalue weighted by Crippen LogP contribution is -2.18. The molecule has 0 saturated heterocycles. The number of amides is 2. The molecular formula is C17H15ClN4O6. The van der Waals surface area contributed by atoms with Crippen molar-refractivity contribution in [2.24, 2.45) is 5.16 Å². The van der Waals surface area contributed by atoms with Crippen molar-refractivity contribution in [3.63, 3.8) is 0 Å². The number of hydrogen-bond donors (Lipinski definition) is 2. The molecule has 0 spiro atoms. The Morgan fingerprint density at radius 3 is 2.64 bits per heavy atom. The minimum absolute atomic E-state index is 0.107. The number of benzene rings is 2. The highest BCUT2D eigenvalue weighted by Gasteiger charge is 2.13. The van der Waals surface area contributed by atoms with E-state index in [-0.39, 0.29) is 17.1 Å². The molecule has 0 heterocycles. The van der Waals surface area contributed by atoms with Gasteiger partial charge in [-0.3, -0.25) is 19.7 Å². The topological polar surface area (TPSA) is 132 Å². The van der Waals surface area contributed by atoms with Crippen molar-refractivity contribution >= 4 is 46.7 Å². The van der Waals surface area contributed by atoms with Crippen LogP contribution < -0.4 is 15.4 Å². The number of nitro groups is 1. The summed E-state index contributed by atoms with van der Waals surface area (Å²) in [4.78, 5) is 38.5. The Morgan fingerprint density at radius 1 is 1.21 bits per heavy atom. The molecule has 2 aromatic rings. The van der Waals surface area contributed by atoms with Gasteiger partial charge in [0.2, 0.25) is 0 Å². The smallest absolute Gasteiger partial charge is 0.273 e.